The minimum absolute atomic E-state index is 0.162. The number of aryl methyl sites for hydroxylation is 2. The first kappa shape index (κ1) is 40.2. The molecule has 0 spiro atoms. The number of piperidine rings is 1. The van der Waals surface area contributed by atoms with Crippen molar-refractivity contribution in [2.75, 3.05) is 61.5 Å². The van der Waals surface area contributed by atoms with E-state index in [1.54, 1.807) is 0 Å². The van der Waals surface area contributed by atoms with Crippen LogP contribution in [-0.2, 0) is 34.2 Å². The molecule has 316 valence electrons. The number of amides is 3. The molecule has 0 radical (unpaired) electrons. The van der Waals surface area contributed by atoms with Crippen LogP contribution < -0.4 is 20.9 Å². The summed E-state index contributed by atoms with van der Waals surface area (Å²) in [4.78, 5) is 43.3. The molecular weight excluding hydrogens is 781 g/mol. The van der Waals surface area contributed by atoms with Gasteiger partial charge >= 0.3 is 0 Å². The average molecular weight is 830 g/mol. The number of nitrogens with zero attached hydrogens (tertiary/aromatic N) is 5. The third-order valence-electron chi connectivity index (χ3n) is 12.2. The van der Waals surface area contributed by atoms with Gasteiger partial charge in [0.25, 0.3) is 5.91 Å². The largest absolute Gasteiger partial charge is 0.381 e. The molecule has 0 saturated carbocycles. The van der Waals surface area contributed by atoms with Crippen LogP contribution in [-0.4, -0.2) is 94.6 Å². The second-order valence-corrected chi connectivity index (χ2v) is 16.4. The SMILES string of the molecule is Cn1nc(C2CCC(=O)NC2=O)c2cccc(CCCN3CCN(c4ccc(C(=O)Nc5n[nH]c6ccc(Cc7cc(F)cc(F)c7)cc56)c(NC5CCOCC5)c4)CC3)c21. The van der Waals surface area contributed by atoms with Crippen LogP contribution in [0, 0.1) is 11.6 Å². The zero-order valence-electron chi connectivity index (χ0n) is 34.1. The van der Waals surface area contributed by atoms with Crippen LogP contribution in [0.4, 0.5) is 26.0 Å². The lowest BCUT2D eigenvalue weighted by atomic mass is 9.92. The number of anilines is 3. The zero-order valence-corrected chi connectivity index (χ0v) is 34.1. The number of carbonyl (C=O) groups excluding carboxylic acids is 3. The van der Waals surface area contributed by atoms with Gasteiger partial charge in [-0.15, -0.1) is 0 Å². The van der Waals surface area contributed by atoms with E-state index >= 15 is 0 Å². The van der Waals surface area contributed by atoms with Gasteiger partial charge in [0.15, 0.2) is 5.82 Å². The van der Waals surface area contributed by atoms with Gasteiger partial charge in [-0.05, 0) is 104 Å². The maximum atomic E-state index is 14.0. The van der Waals surface area contributed by atoms with Crippen molar-refractivity contribution in [3.05, 3.63) is 112 Å². The Morgan fingerprint density at radius 1 is 0.902 bits per heavy atom. The number of nitrogens with one attached hydrogen (secondary N) is 4. The Labute approximate surface area is 351 Å². The summed E-state index contributed by atoms with van der Waals surface area (Å²) in [5.41, 5.74) is 7.34. The summed E-state index contributed by atoms with van der Waals surface area (Å²) < 4.78 is 35.3. The van der Waals surface area contributed by atoms with Crippen molar-refractivity contribution in [2.45, 2.75) is 56.9 Å². The second kappa shape index (κ2) is 17.4. The van der Waals surface area contributed by atoms with Crippen molar-refractivity contribution < 1.29 is 27.9 Å². The summed E-state index contributed by atoms with van der Waals surface area (Å²) in [6, 6.07) is 21.4. The summed E-state index contributed by atoms with van der Waals surface area (Å²) in [5, 5.41) is 23.0. The Morgan fingerprint density at radius 2 is 1.70 bits per heavy atom. The van der Waals surface area contributed by atoms with E-state index in [2.05, 4.69) is 48.1 Å². The molecule has 1 atom stereocenters. The Kier molecular flexibility index (Phi) is 11.5. The first-order chi connectivity index (χ1) is 29.6. The number of hydrogen-bond acceptors (Lipinski definition) is 9. The van der Waals surface area contributed by atoms with Crippen LogP contribution in [0.5, 0.6) is 0 Å². The fraction of sp³-hybridized carbons (Fsp3) is 0.370. The first-order valence-electron chi connectivity index (χ1n) is 21.1. The molecule has 15 heteroatoms. The molecule has 3 aliphatic heterocycles. The van der Waals surface area contributed by atoms with Gasteiger partial charge in [0, 0.05) is 87.1 Å². The van der Waals surface area contributed by atoms with E-state index in [0.717, 1.165) is 104 Å². The number of aromatic nitrogens is 4. The standard InChI is InChI=1S/C46H49F2N9O4/c1-55-43-30(4-2-6-36(43)42(54-55)37-10-12-41(58)50-46(37)60)5-3-15-56-16-18-57(19-17-56)34-8-9-35(40(27-34)49-33-13-20-61-21-14-33)45(59)51-44-38-25-28(7-11-39(38)52-53-44)22-29-23-31(47)26-32(48)24-29/h2,4,6-9,11,23-27,33,37,49H,3,5,10,12-22H2,1H3,(H,50,58,60)(H2,51,52,53,59). The number of benzene rings is 4. The Bertz CT molecular complexity index is 2590. The summed E-state index contributed by atoms with van der Waals surface area (Å²) in [5.74, 6) is -2.11. The zero-order chi connectivity index (χ0) is 42.0. The number of piperazine rings is 1. The average Bonchev–Trinajstić information content (AvgIpc) is 3.80. The van der Waals surface area contributed by atoms with E-state index in [1.165, 1.54) is 17.7 Å². The molecule has 3 fully saturated rings. The quantitative estimate of drug-likeness (QED) is 0.102. The Balaban J connectivity index is 0.851. The third-order valence-corrected chi connectivity index (χ3v) is 12.2. The number of hydrogen-bond donors (Lipinski definition) is 4. The van der Waals surface area contributed by atoms with E-state index < -0.39 is 17.6 Å². The van der Waals surface area contributed by atoms with Gasteiger partial charge in [-0.1, -0.05) is 24.3 Å². The highest BCUT2D eigenvalue weighted by molar-refractivity contribution is 6.11. The minimum atomic E-state index is -0.626. The van der Waals surface area contributed by atoms with Gasteiger partial charge < -0.3 is 20.3 Å². The maximum Gasteiger partial charge on any atom is 0.258 e. The van der Waals surface area contributed by atoms with Crippen LogP contribution in [0.3, 0.4) is 0 Å². The van der Waals surface area contributed by atoms with Gasteiger partial charge in [-0.2, -0.15) is 10.2 Å². The molecule has 6 aromatic rings. The van der Waals surface area contributed by atoms with E-state index in [9.17, 15) is 23.2 Å². The topological polar surface area (TPSA) is 150 Å². The lowest BCUT2D eigenvalue weighted by Gasteiger charge is -2.36. The van der Waals surface area contributed by atoms with E-state index in [-0.39, 0.29) is 23.8 Å². The summed E-state index contributed by atoms with van der Waals surface area (Å²) >= 11 is 0. The van der Waals surface area contributed by atoms with Gasteiger partial charge in [0.05, 0.1) is 28.2 Å². The summed E-state index contributed by atoms with van der Waals surface area (Å²) in [7, 11) is 1.92. The van der Waals surface area contributed by atoms with Gasteiger partial charge in [-0.3, -0.25) is 34.4 Å². The van der Waals surface area contributed by atoms with Crippen molar-refractivity contribution in [2.24, 2.45) is 7.05 Å². The molecule has 0 bridgehead atoms. The normalized spacial score (nSPS) is 17.9. The predicted molar refractivity (Wildman–Crippen MR) is 230 cm³/mol. The van der Waals surface area contributed by atoms with Crippen LogP contribution in [0.25, 0.3) is 21.8 Å². The van der Waals surface area contributed by atoms with Crippen molar-refractivity contribution in [3.8, 4) is 0 Å². The molecule has 0 aliphatic carbocycles. The number of carbonyl (C=O) groups is 3. The van der Waals surface area contributed by atoms with Crippen molar-refractivity contribution in [1.29, 1.82) is 0 Å². The molecule has 3 saturated heterocycles. The Morgan fingerprint density at radius 3 is 2.49 bits per heavy atom. The molecular formula is C46H49F2N9O4. The van der Waals surface area contributed by atoms with Crippen LogP contribution >= 0.6 is 0 Å². The molecule has 2 aromatic heterocycles. The lowest BCUT2D eigenvalue weighted by Crippen LogP contribution is -2.46. The van der Waals surface area contributed by atoms with Crippen LogP contribution in [0.1, 0.15) is 70.8 Å². The first-order valence-corrected chi connectivity index (χ1v) is 21.1. The highest BCUT2D eigenvalue weighted by Gasteiger charge is 2.32. The molecule has 9 rings (SSSR count). The highest BCUT2D eigenvalue weighted by atomic mass is 19.1. The van der Waals surface area contributed by atoms with Gasteiger partial charge in [-0.25, -0.2) is 8.78 Å². The predicted octanol–water partition coefficient (Wildman–Crippen LogP) is 6.44. The van der Waals surface area contributed by atoms with Crippen molar-refractivity contribution in [3.63, 3.8) is 0 Å². The van der Waals surface area contributed by atoms with Crippen LogP contribution in [0.2, 0.25) is 0 Å². The van der Waals surface area contributed by atoms with Crippen LogP contribution in [0.15, 0.2) is 72.8 Å². The molecule has 61 heavy (non-hydrogen) atoms. The molecule has 5 heterocycles. The third kappa shape index (κ3) is 8.84. The summed E-state index contributed by atoms with van der Waals surface area (Å²) in [6.45, 7) is 5.77. The number of imide groups is 1. The summed E-state index contributed by atoms with van der Waals surface area (Å²) in [6.07, 6.45) is 4.63. The number of fused-ring (bicyclic) bond motifs is 2. The monoisotopic (exact) mass is 829 g/mol. The molecule has 3 amide bonds. The number of rotatable bonds is 12. The van der Waals surface area contributed by atoms with E-state index in [0.29, 0.717) is 54.8 Å². The Hall–Kier alpha value is -6.19. The van der Waals surface area contributed by atoms with E-state index in [4.69, 9.17) is 9.84 Å². The maximum absolute atomic E-state index is 14.0. The molecule has 4 aromatic carbocycles. The number of aromatic amines is 1. The fourth-order valence-corrected chi connectivity index (χ4v) is 9.08. The molecule has 3 aliphatic rings. The highest BCUT2D eigenvalue weighted by Crippen LogP contribution is 2.33. The van der Waals surface area contributed by atoms with E-state index in [1.807, 2.05) is 54.2 Å². The number of ether oxygens (including phenoxy) is 1. The molecule has 13 nitrogen and oxygen atoms in total. The lowest BCUT2D eigenvalue weighted by molar-refractivity contribution is -0.134. The minimum Gasteiger partial charge on any atom is -0.381 e. The number of para-hydroxylation sites is 1. The smallest absolute Gasteiger partial charge is 0.258 e. The van der Waals surface area contributed by atoms with Crippen molar-refractivity contribution >= 4 is 56.7 Å². The second-order valence-electron chi connectivity index (χ2n) is 16.4. The number of halogens is 2. The van der Waals surface area contributed by atoms with Crippen molar-refractivity contribution in [1.82, 2.24) is 30.2 Å². The van der Waals surface area contributed by atoms with Gasteiger partial charge in [0.1, 0.15) is 11.6 Å². The molecule has 4 N–H and O–H groups in total. The van der Waals surface area contributed by atoms with Gasteiger partial charge in [0.2, 0.25) is 11.8 Å². The molecule has 1 unspecified atom stereocenters. The fourth-order valence-electron chi connectivity index (χ4n) is 9.08. The number of H-pyrrole nitrogens is 1.